The fourth-order valence-electron chi connectivity index (χ4n) is 2.57. The molecule has 0 aliphatic heterocycles. The summed E-state index contributed by atoms with van der Waals surface area (Å²) in [6.07, 6.45) is 15.4. The Kier molecular flexibility index (Phi) is 12.0. The van der Waals surface area contributed by atoms with E-state index < -0.39 is 0 Å². The van der Waals surface area contributed by atoms with Gasteiger partial charge in [-0.1, -0.05) is 58.3 Å². The first-order valence-corrected chi connectivity index (χ1v) is 8.23. The standard InChI is InChI=1S/C17H37N/c1-5-7-8-9-10-11-12-13-14-15-17-18(3,4)16-6-2/h2,5-17H2,1,3-4H3/q+1. The van der Waals surface area contributed by atoms with Crippen LogP contribution in [0, 0.1) is 6.92 Å². The number of hydrogen-bond acceptors (Lipinski definition) is 0. The van der Waals surface area contributed by atoms with Crippen LogP contribution in [0.25, 0.3) is 0 Å². The number of rotatable bonds is 13. The monoisotopic (exact) mass is 255 g/mol. The maximum absolute atomic E-state index is 3.95. The van der Waals surface area contributed by atoms with Crippen LogP contribution in [0.3, 0.4) is 0 Å². The zero-order valence-corrected chi connectivity index (χ0v) is 13.3. The van der Waals surface area contributed by atoms with E-state index in [4.69, 9.17) is 0 Å². The maximum Gasteiger partial charge on any atom is 0.0782 e. The van der Waals surface area contributed by atoms with Crippen molar-refractivity contribution in [3.8, 4) is 0 Å². The summed E-state index contributed by atoms with van der Waals surface area (Å²) in [6.45, 7) is 8.79. The lowest BCUT2D eigenvalue weighted by Crippen LogP contribution is -2.40. The molecule has 0 bridgehead atoms. The molecule has 0 amide bonds. The highest BCUT2D eigenvalue weighted by Crippen LogP contribution is 2.11. The van der Waals surface area contributed by atoms with E-state index >= 15 is 0 Å². The van der Waals surface area contributed by atoms with Gasteiger partial charge in [0.2, 0.25) is 0 Å². The average Bonchev–Trinajstić information content (AvgIpc) is 2.31. The van der Waals surface area contributed by atoms with Gasteiger partial charge in [0.25, 0.3) is 0 Å². The lowest BCUT2D eigenvalue weighted by Gasteiger charge is -2.29. The van der Waals surface area contributed by atoms with E-state index in [9.17, 15) is 0 Å². The van der Waals surface area contributed by atoms with Gasteiger partial charge >= 0.3 is 0 Å². The number of unbranched alkanes of at least 4 members (excludes halogenated alkanes) is 9. The van der Waals surface area contributed by atoms with Gasteiger partial charge in [-0.15, -0.1) is 0 Å². The summed E-state index contributed by atoms with van der Waals surface area (Å²) in [6, 6.07) is 0. The van der Waals surface area contributed by atoms with Crippen molar-refractivity contribution < 1.29 is 4.48 Å². The van der Waals surface area contributed by atoms with E-state index in [1.165, 1.54) is 77.3 Å². The highest BCUT2D eigenvalue weighted by Gasteiger charge is 2.11. The second kappa shape index (κ2) is 12.0. The van der Waals surface area contributed by atoms with Crippen LogP contribution in [-0.4, -0.2) is 31.7 Å². The molecule has 0 heterocycles. The van der Waals surface area contributed by atoms with E-state index in [2.05, 4.69) is 27.9 Å². The minimum absolute atomic E-state index is 1.06. The first-order chi connectivity index (χ1) is 8.62. The van der Waals surface area contributed by atoms with E-state index in [1.54, 1.807) is 0 Å². The van der Waals surface area contributed by atoms with Crippen LogP contribution >= 0.6 is 0 Å². The fraction of sp³-hybridized carbons (Fsp3) is 0.941. The third kappa shape index (κ3) is 12.4. The summed E-state index contributed by atoms with van der Waals surface area (Å²) in [5.41, 5.74) is 0. The summed E-state index contributed by atoms with van der Waals surface area (Å²) in [5.74, 6) is 0. The zero-order valence-electron chi connectivity index (χ0n) is 13.3. The van der Waals surface area contributed by atoms with Crippen LogP contribution in [0.4, 0.5) is 0 Å². The van der Waals surface area contributed by atoms with Gasteiger partial charge in [0.1, 0.15) is 0 Å². The fourth-order valence-corrected chi connectivity index (χ4v) is 2.57. The van der Waals surface area contributed by atoms with Crippen molar-refractivity contribution in [3.05, 3.63) is 6.92 Å². The van der Waals surface area contributed by atoms with E-state index in [-0.39, 0.29) is 0 Å². The second-order valence-electron chi connectivity index (χ2n) is 6.42. The predicted octanol–water partition coefficient (Wildman–Crippen LogP) is 5.21. The molecular weight excluding hydrogens is 218 g/mol. The predicted molar refractivity (Wildman–Crippen MR) is 83.7 cm³/mol. The van der Waals surface area contributed by atoms with Gasteiger partial charge in [-0.05, 0) is 26.2 Å². The molecule has 18 heavy (non-hydrogen) atoms. The van der Waals surface area contributed by atoms with E-state index in [0.717, 1.165) is 10.9 Å². The molecule has 109 valence electrons. The molecule has 0 unspecified atom stereocenters. The SMILES string of the molecule is [CH2]CC[N+](C)(C)CCCCCCCCCCCC. The average molecular weight is 255 g/mol. The molecule has 1 heteroatoms. The minimum atomic E-state index is 1.06. The van der Waals surface area contributed by atoms with Crippen molar-refractivity contribution >= 4 is 0 Å². The van der Waals surface area contributed by atoms with Gasteiger partial charge in [0.15, 0.2) is 0 Å². The van der Waals surface area contributed by atoms with Crippen LogP contribution in [0.2, 0.25) is 0 Å². The van der Waals surface area contributed by atoms with Crippen LogP contribution in [0.15, 0.2) is 0 Å². The quantitative estimate of drug-likeness (QED) is 0.313. The second-order valence-corrected chi connectivity index (χ2v) is 6.42. The number of quaternary nitrogens is 1. The topological polar surface area (TPSA) is 0 Å². The highest BCUT2D eigenvalue weighted by atomic mass is 15.3. The first-order valence-electron chi connectivity index (χ1n) is 8.23. The Morgan fingerprint density at radius 2 is 1.11 bits per heavy atom. The molecular formula is C17H37N+. The van der Waals surface area contributed by atoms with Gasteiger partial charge in [0.05, 0.1) is 27.2 Å². The summed E-state index contributed by atoms with van der Waals surface area (Å²) >= 11 is 0. The maximum atomic E-state index is 3.95. The summed E-state index contributed by atoms with van der Waals surface area (Å²) in [7, 11) is 4.66. The first kappa shape index (κ1) is 18.0. The molecule has 0 aromatic rings. The van der Waals surface area contributed by atoms with Crippen molar-refractivity contribution in [1.82, 2.24) is 0 Å². The van der Waals surface area contributed by atoms with Crippen LogP contribution in [0.1, 0.15) is 77.6 Å². The van der Waals surface area contributed by atoms with Gasteiger partial charge in [-0.25, -0.2) is 0 Å². The van der Waals surface area contributed by atoms with Crippen LogP contribution in [0.5, 0.6) is 0 Å². The molecule has 0 saturated carbocycles. The van der Waals surface area contributed by atoms with E-state index in [0.29, 0.717) is 0 Å². The molecule has 0 aliphatic rings. The molecule has 1 radical (unpaired) electrons. The number of nitrogens with zero attached hydrogens (tertiary/aromatic N) is 1. The molecule has 0 fully saturated rings. The highest BCUT2D eigenvalue weighted by molar-refractivity contribution is 4.48. The molecule has 0 aromatic heterocycles. The third-order valence-corrected chi connectivity index (χ3v) is 3.88. The molecule has 1 nitrogen and oxygen atoms in total. The summed E-state index contributed by atoms with van der Waals surface area (Å²) < 4.78 is 1.15. The van der Waals surface area contributed by atoms with Crippen molar-refractivity contribution in [2.45, 2.75) is 77.6 Å². The van der Waals surface area contributed by atoms with E-state index in [1.807, 2.05) is 0 Å². The van der Waals surface area contributed by atoms with Crippen LogP contribution in [-0.2, 0) is 0 Å². The smallest absolute Gasteiger partial charge is 0.0782 e. The Balaban J connectivity index is 3.16. The van der Waals surface area contributed by atoms with Crippen molar-refractivity contribution in [1.29, 1.82) is 0 Å². The largest absolute Gasteiger partial charge is 0.328 e. The van der Waals surface area contributed by atoms with Gasteiger partial charge in [-0.2, -0.15) is 0 Å². The molecule has 0 N–H and O–H groups in total. The Bertz CT molecular complexity index is 163. The Labute approximate surface area is 117 Å². The molecule has 0 rings (SSSR count). The molecule has 0 saturated heterocycles. The molecule has 0 aromatic carbocycles. The Morgan fingerprint density at radius 1 is 0.667 bits per heavy atom. The minimum Gasteiger partial charge on any atom is -0.328 e. The van der Waals surface area contributed by atoms with Gasteiger partial charge in [0, 0.05) is 0 Å². The van der Waals surface area contributed by atoms with Crippen LogP contribution < -0.4 is 0 Å². The zero-order chi connectivity index (χ0) is 13.7. The van der Waals surface area contributed by atoms with Crippen molar-refractivity contribution in [3.63, 3.8) is 0 Å². The van der Waals surface area contributed by atoms with Crippen molar-refractivity contribution in [2.24, 2.45) is 0 Å². The lowest BCUT2D eigenvalue weighted by molar-refractivity contribution is -0.890. The van der Waals surface area contributed by atoms with Gasteiger partial charge < -0.3 is 4.48 Å². The third-order valence-electron chi connectivity index (χ3n) is 3.88. The Hall–Kier alpha value is -0.0400. The molecule has 0 aliphatic carbocycles. The molecule has 0 spiro atoms. The lowest BCUT2D eigenvalue weighted by atomic mass is 10.1. The van der Waals surface area contributed by atoms with Gasteiger partial charge in [-0.3, -0.25) is 0 Å². The summed E-state index contributed by atoms with van der Waals surface area (Å²) in [4.78, 5) is 0. The Morgan fingerprint density at radius 3 is 1.56 bits per heavy atom. The number of hydrogen-bond donors (Lipinski definition) is 0. The molecule has 0 atom stereocenters. The normalized spacial score (nSPS) is 12.0. The van der Waals surface area contributed by atoms with Crippen molar-refractivity contribution in [2.75, 3.05) is 27.2 Å². The summed E-state index contributed by atoms with van der Waals surface area (Å²) in [5, 5.41) is 0.